The second kappa shape index (κ2) is 2.75. The van der Waals surface area contributed by atoms with Crippen molar-refractivity contribution in [2.75, 3.05) is 11.7 Å². The van der Waals surface area contributed by atoms with Crippen molar-refractivity contribution in [1.82, 2.24) is 0 Å². The van der Waals surface area contributed by atoms with E-state index in [0.717, 1.165) is 10.7 Å². The van der Waals surface area contributed by atoms with Crippen molar-refractivity contribution in [2.45, 2.75) is 12.5 Å². The molecule has 0 fully saturated rings. The average Bonchev–Trinajstić information content (AvgIpc) is 2.12. The highest BCUT2D eigenvalue weighted by molar-refractivity contribution is 5.54. The zero-order chi connectivity index (χ0) is 8.55. The lowest BCUT2D eigenvalue weighted by Crippen LogP contribution is -2.27. The van der Waals surface area contributed by atoms with E-state index in [9.17, 15) is 4.48 Å². The summed E-state index contributed by atoms with van der Waals surface area (Å²) in [5.74, 6) is 0. The number of nitrogens with zero attached hydrogens (tertiary/aromatic N) is 1. The Balaban J connectivity index is 2.47. The summed E-state index contributed by atoms with van der Waals surface area (Å²) < 4.78 is 13.1. The van der Waals surface area contributed by atoms with Crippen LogP contribution in [0.2, 0.25) is 0 Å². The highest BCUT2D eigenvalue weighted by Crippen LogP contribution is 2.31. The summed E-state index contributed by atoms with van der Waals surface area (Å²) in [7, 11) is 0. The third-order valence-corrected chi connectivity index (χ3v) is 2.23. The summed E-state index contributed by atoms with van der Waals surface area (Å²) in [6, 6.07) is 7.34. The molecule has 64 valence electrons. The number of hydrogen-bond donors (Lipinski definition) is 1. The Morgan fingerprint density at radius 2 is 2.17 bits per heavy atom. The van der Waals surface area contributed by atoms with Crippen LogP contribution in [-0.2, 0) is 0 Å². The van der Waals surface area contributed by atoms with Crippen LogP contribution >= 0.6 is 0 Å². The molecule has 1 aromatic rings. The van der Waals surface area contributed by atoms with E-state index in [2.05, 4.69) is 0 Å². The van der Waals surface area contributed by atoms with Gasteiger partial charge in [-0.25, -0.2) is 5.12 Å². The van der Waals surface area contributed by atoms with Crippen LogP contribution in [0.5, 0.6) is 0 Å². The second-order valence-corrected chi connectivity index (χ2v) is 3.04. The molecule has 1 atom stereocenters. The summed E-state index contributed by atoms with van der Waals surface area (Å²) in [5, 5.41) is 0.763. The molecule has 1 aliphatic heterocycles. The van der Waals surface area contributed by atoms with E-state index in [0.29, 0.717) is 18.7 Å². The van der Waals surface area contributed by atoms with E-state index in [1.54, 1.807) is 6.07 Å². The molecule has 0 spiro atoms. The molecule has 0 radical (unpaired) electrons. The first kappa shape index (κ1) is 7.55. The molecule has 2 rings (SSSR count). The minimum atomic E-state index is -0.00630. The first-order chi connectivity index (χ1) is 5.79. The molecule has 12 heavy (non-hydrogen) atoms. The van der Waals surface area contributed by atoms with E-state index in [1.807, 2.05) is 18.2 Å². The maximum absolute atomic E-state index is 13.1. The Morgan fingerprint density at radius 1 is 1.42 bits per heavy atom. The van der Waals surface area contributed by atoms with Crippen LogP contribution in [0.15, 0.2) is 24.3 Å². The fourth-order valence-corrected chi connectivity index (χ4v) is 1.55. The molecule has 0 aromatic heterocycles. The van der Waals surface area contributed by atoms with E-state index >= 15 is 0 Å². The Kier molecular flexibility index (Phi) is 1.73. The maximum atomic E-state index is 13.1. The lowest BCUT2D eigenvalue weighted by molar-refractivity contribution is 0.397. The molecule has 0 bridgehead atoms. The first-order valence-corrected chi connectivity index (χ1v) is 4.07. The lowest BCUT2D eigenvalue weighted by atomic mass is 9.99. The van der Waals surface area contributed by atoms with Gasteiger partial charge in [-0.05, 0) is 18.1 Å². The van der Waals surface area contributed by atoms with Crippen LogP contribution < -0.4 is 10.9 Å². The highest BCUT2D eigenvalue weighted by Gasteiger charge is 2.21. The highest BCUT2D eigenvalue weighted by atomic mass is 19.2. The zero-order valence-electron chi connectivity index (χ0n) is 6.70. The van der Waals surface area contributed by atoms with Crippen molar-refractivity contribution in [3.63, 3.8) is 0 Å². The summed E-state index contributed by atoms with van der Waals surface area (Å²) in [4.78, 5) is 0. The normalized spacial score (nSPS) is 22.2. The van der Waals surface area contributed by atoms with Crippen LogP contribution in [0.3, 0.4) is 0 Å². The van der Waals surface area contributed by atoms with Crippen LogP contribution in [0.4, 0.5) is 10.2 Å². The molecule has 2 N–H and O–H groups in total. The third-order valence-electron chi connectivity index (χ3n) is 2.23. The zero-order valence-corrected chi connectivity index (χ0v) is 6.70. The number of nitrogens with two attached hydrogens (primary N) is 1. The molecule has 3 heteroatoms. The summed E-state index contributed by atoms with van der Waals surface area (Å²) in [6.45, 7) is 0.401. The van der Waals surface area contributed by atoms with Crippen LogP contribution in [0, 0.1) is 0 Å². The van der Waals surface area contributed by atoms with Crippen LogP contribution in [0.25, 0.3) is 0 Å². The molecule has 0 aliphatic carbocycles. The largest absolute Gasteiger partial charge is 0.324 e. The van der Waals surface area contributed by atoms with Gasteiger partial charge in [0.2, 0.25) is 0 Å². The van der Waals surface area contributed by atoms with Crippen LogP contribution in [-0.4, -0.2) is 6.54 Å². The maximum Gasteiger partial charge on any atom is 0.0735 e. The number of fused-ring (bicyclic) bond motifs is 1. The lowest BCUT2D eigenvalue weighted by Gasteiger charge is -2.27. The van der Waals surface area contributed by atoms with Gasteiger partial charge in [-0.2, -0.15) is 0 Å². The van der Waals surface area contributed by atoms with Crippen molar-refractivity contribution in [3.8, 4) is 0 Å². The Hall–Kier alpha value is -1.09. The van der Waals surface area contributed by atoms with Crippen molar-refractivity contribution in [3.05, 3.63) is 29.8 Å². The second-order valence-electron chi connectivity index (χ2n) is 3.04. The molecule has 2 nitrogen and oxygen atoms in total. The fraction of sp³-hybridized carbons (Fsp3) is 0.333. The van der Waals surface area contributed by atoms with Gasteiger partial charge in [-0.15, -0.1) is 0 Å². The SMILES string of the molecule is NC1CCN(F)c2ccccc21. The van der Waals surface area contributed by atoms with Crippen molar-refractivity contribution < 1.29 is 4.48 Å². The van der Waals surface area contributed by atoms with Gasteiger partial charge in [0.05, 0.1) is 12.2 Å². The molecule has 0 saturated carbocycles. The number of rotatable bonds is 0. The molecular formula is C9H11FN2. The Morgan fingerprint density at radius 3 is 2.92 bits per heavy atom. The quantitative estimate of drug-likeness (QED) is 0.595. The number of para-hydroxylation sites is 1. The predicted molar refractivity (Wildman–Crippen MR) is 46.4 cm³/mol. The molecule has 1 unspecified atom stereocenters. The van der Waals surface area contributed by atoms with Crippen LogP contribution in [0.1, 0.15) is 18.0 Å². The molecule has 1 aliphatic rings. The van der Waals surface area contributed by atoms with Gasteiger partial charge in [-0.3, -0.25) is 0 Å². The van der Waals surface area contributed by atoms with Gasteiger partial charge in [0.25, 0.3) is 0 Å². The molecule has 0 amide bonds. The topological polar surface area (TPSA) is 29.3 Å². The Labute approximate surface area is 70.7 Å². The van der Waals surface area contributed by atoms with E-state index in [4.69, 9.17) is 5.73 Å². The summed E-state index contributed by atoms with van der Waals surface area (Å²) in [6.07, 6.45) is 0.688. The third kappa shape index (κ3) is 1.06. The molecular weight excluding hydrogens is 155 g/mol. The monoisotopic (exact) mass is 166 g/mol. The summed E-state index contributed by atoms with van der Waals surface area (Å²) in [5.41, 5.74) is 7.35. The minimum Gasteiger partial charge on any atom is -0.324 e. The molecule has 1 aromatic carbocycles. The number of hydrogen-bond acceptors (Lipinski definition) is 2. The minimum absolute atomic E-state index is 0.00630. The standard InChI is InChI=1S/C9H11FN2/c10-12-6-5-8(11)7-3-1-2-4-9(7)12/h1-4,8H,5-6,11H2. The average molecular weight is 166 g/mol. The Bertz CT molecular complexity index is 259. The number of anilines is 1. The van der Waals surface area contributed by atoms with Gasteiger partial charge in [-0.1, -0.05) is 22.7 Å². The van der Waals surface area contributed by atoms with Crippen molar-refractivity contribution in [1.29, 1.82) is 0 Å². The van der Waals surface area contributed by atoms with E-state index in [1.165, 1.54) is 0 Å². The predicted octanol–water partition coefficient (Wildman–Crippen LogP) is 1.78. The van der Waals surface area contributed by atoms with Gasteiger partial charge in [0.15, 0.2) is 0 Å². The fourth-order valence-electron chi connectivity index (χ4n) is 1.55. The molecule has 1 heterocycles. The summed E-state index contributed by atoms with van der Waals surface area (Å²) >= 11 is 0. The van der Waals surface area contributed by atoms with Gasteiger partial charge >= 0.3 is 0 Å². The van der Waals surface area contributed by atoms with Gasteiger partial charge in [0, 0.05) is 6.04 Å². The number of halogens is 1. The van der Waals surface area contributed by atoms with E-state index < -0.39 is 0 Å². The van der Waals surface area contributed by atoms with Crippen molar-refractivity contribution >= 4 is 5.69 Å². The van der Waals surface area contributed by atoms with E-state index in [-0.39, 0.29) is 6.04 Å². The smallest absolute Gasteiger partial charge is 0.0735 e. The van der Waals surface area contributed by atoms with Gasteiger partial charge < -0.3 is 5.73 Å². The first-order valence-electron chi connectivity index (χ1n) is 4.07. The molecule has 0 saturated heterocycles. The van der Waals surface area contributed by atoms with Gasteiger partial charge in [0.1, 0.15) is 0 Å². The number of benzene rings is 1. The van der Waals surface area contributed by atoms with Crippen molar-refractivity contribution in [2.24, 2.45) is 5.73 Å².